The molecule has 1 heterocycles. The minimum Gasteiger partial charge on any atom is -0.361 e. The van der Waals surface area contributed by atoms with Gasteiger partial charge in [-0.05, 0) is 31.5 Å². The second kappa shape index (κ2) is 6.27. The molecule has 1 atom stereocenters. The number of nitrogens with one attached hydrogen (secondary N) is 2. The smallest absolute Gasteiger partial charge is 0.224 e. The Morgan fingerprint density at radius 2 is 1.90 bits per heavy atom. The third-order valence-electron chi connectivity index (χ3n) is 2.80. The predicted octanol–water partition coefficient (Wildman–Crippen LogP) is 3.36. The van der Waals surface area contributed by atoms with Crippen molar-refractivity contribution in [2.24, 2.45) is 0 Å². The summed E-state index contributed by atoms with van der Waals surface area (Å²) in [5.41, 5.74) is 0.842. The molecule has 0 saturated heterocycles. The van der Waals surface area contributed by atoms with Crippen molar-refractivity contribution in [1.82, 2.24) is 9.97 Å². The van der Waals surface area contributed by atoms with Crippen LogP contribution in [0.2, 0.25) is 0 Å². The standard InChI is InChI=1S/C14H16F2N4/c1-3-17-14-18-8-12(16)13(20-14)19-9(2)10-4-6-11(15)7-5-10/h4-9H,3H2,1-2H3,(H2,17,18,19,20). The van der Waals surface area contributed by atoms with Gasteiger partial charge in [0.05, 0.1) is 12.2 Å². The first-order chi connectivity index (χ1) is 9.60. The van der Waals surface area contributed by atoms with Crippen LogP contribution in [0.15, 0.2) is 30.5 Å². The lowest BCUT2D eigenvalue weighted by Gasteiger charge is -2.16. The van der Waals surface area contributed by atoms with Crippen LogP contribution in [0.25, 0.3) is 0 Å². The van der Waals surface area contributed by atoms with Crippen molar-refractivity contribution in [1.29, 1.82) is 0 Å². The zero-order valence-corrected chi connectivity index (χ0v) is 11.3. The van der Waals surface area contributed by atoms with Crippen LogP contribution >= 0.6 is 0 Å². The molecule has 0 aliphatic carbocycles. The van der Waals surface area contributed by atoms with Crippen molar-refractivity contribution in [3.05, 3.63) is 47.7 Å². The van der Waals surface area contributed by atoms with Crippen LogP contribution in [0, 0.1) is 11.6 Å². The molecule has 0 saturated carbocycles. The molecule has 6 heteroatoms. The Labute approximate surface area is 116 Å². The molecule has 1 aromatic carbocycles. The van der Waals surface area contributed by atoms with Gasteiger partial charge in [-0.15, -0.1) is 0 Å². The number of rotatable bonds is 5. The summed E-state index contributed by atoms with van der Waals surface area (Å²) in [4.78, 5) is 7.90. The second-order valence-electron chi connectivity index (χ2n) is 4.34. The Morgan fingerprint density at radius 1 is 1.20 bits per heavy atom. The van der Waals surface area contributed by atoms with Gasteiger partial charge in [-0.1, -0.05) is 12.1 Å². The van der Waals surface area contributed by atoms with Crippen LogP contribution in [0.5, 0.6) is 0 Å². The van der Waals surface area contributed by atoms with E-state index < -0.39 is 5.82 Å². The molecule has 1 aromatic heterocycles. The topological polar surface area (TPSA) is 49.8 Å². The van der Waals surface area contributed by atoms with Crippen molar-refractivity contribution in [3.63, 3.8) is 0 Å². The molecule has 0 fully saturated rings. The molecule has 0 spiro atoms. The number of nitrogens with zero attached hydrogens (tertiary/aromatic N) is 2. The van der Waals surface area contributed by atoms with Crippen LogP contribution in [-0.4, -0.2) is 16.5 Å². The van der Waals surface area contributed by atoms with Crippen LogP contribution in [0.1, 0.15) is 25.5 Å². The molecule has 0 aliphatic rings. The van der Waals surface area contributed by atoms with Gasteiger partial charge in [-0.25, -0.2) is 13.8 Å². The highest BCUT2D eigenvalue weighted by molar-refractivity contribution is 5.43. The van der Waals surface area contributed by atoms with Gasteiger partial charge in [0.1, 0.15) is 5.82 Å². The highest BCUT2D eigenvalue weighted by Crippen LogP contribution is 2.20. The van der Waals surface area contributed by atoms with E-state index in [4.69, 9.17) is 0 Å². The summed E-state index contributed by atoms with van der Waals surface area (Å²) in [6, 6.07) is 5.84. The van der Waals surface area contributed by atoms with Gasteiger partial charge >= 0.3 is 0 Å². The first kappa shape index (κ1) is 14.2. The Morgan fingerprint density at radius 3 is 2.55 bits per heavy atom. The zero-order valence-electron chi connectivity index (χ0n) is 11.3. The van der Waals surface area contributed by atoms with Gasteiger partial charge in [0.2, 0.25) is 5.95 Å². The highest BCUT2D eigenvalue weighted by atomic mass is 19.1. The largest absolute Gasteiger partial charge is 0.361 e. The van der Waals surface area contributed by atoms with Gasteiger partial charge in [-0.2, -0.15) is 4.98 Å². The Hall–Kier alpha value is -2.24. The summed E-state index contributed by atoms with van der Waals surface area (Å²) in [5.74, 6) is -0.348. The lowest BCUT2D eigenvalue weighted by Crippen LogP contribution is -2.12. The van der Waals surface area contributed by atoms with Crippen LogP contribution in [-0.2, 0) is 0 Å². The summed E-state index contributed by atoms with van der Waals surface area (Å²) in [7, 11) is 0. The van der Waals surface area contributed by atoms with Crippen LogP contribution in [0.4, 0.5) is 20.5 Å². The Balaban J connectivity index is 2.16. The average molecular weight is 278 g/mol. The fourth-order valence-corrected chi connectivity index (χ4v) is 1.75. The minimum atomic E-state index is -0.527. The molecule has 1 unspecified atom stereocenters. The molecule has 2 N–H and O–H groups in total. The van der Waals surface area contributed by atoms with E-state index in [0.29, 0.717) is 12.5 Å². The van der Waals surface area contributed by atoms with E-state index in [0.717, 1.165) is 11.8 Å². The lowest BCUT2D eigenvalue weighted by molar-refractivity contribution is 0.613. The van der Waals surface area contributed by atoms with Crippen molar-refractivity contribution in [2.45, 2.75) is 19.9 Å². The summed E-state index contributed by atoms with van der Waals surface area (Å²) in [6.07, 6.45) is 1.12. The average Bonchev–Trinajstić information content (AvgIpc) is 2.43. The summed E-state index contributed by atoms with van der Waals surface area (Å²) < 4.78 is 26.5. The maximum absolute atomic E-state index is 13.7. The molecule has 106 valence electrons. The first-order valence-corrected chi connectivity index (χ1v) is 6.38. The molecule has 4 nitrogen and oxygen atoms in total. The maximum Gasteiger partial charge on any atom is 0.224 e. The molecule has 2 aromatic rings. The predicted molar refractivity (Wildman–Crippen MR) is 74.6 cm³/mol. The molecular weight excluding hydrogens is 262 g/mol. The fraction of sp³-hybridized carbons (Fsp3) is 0.286. The van der Waals surface area contributed by atoms with Gasteiger partial charge in [0.25, 0.3) is 0 Å². The van der Waals surface area contributed by atoms with Gasteiger partial charge < -0.3 is 10.6 Å². The van der Waals surface area contributed by atoms with E-state index >= 15 is 0 Å². The van der Waals surface area contributed by atoms with Gasteiger partial charge in [-0.3, -0.25) is 0 Å². The third-order valence-corrected chi connectivity index (χ3v) is 2.80. The molecule has 0 radical (unpaired) electrons. The summed E-state index contributed by atoms with van der Waals surface area (Å²) in [6.45, 7) is 4.40. The number of hydrogen-bond acceptors (Lipinski definition) is 4. The quantitative estimate of drug-likeness (QED) is 0.880. The van der Waals surface area contributed by atoms with E-state index in [9.17, 15) is 8.78 Å². The van der Waals surface area contributed by atoms with Crippen LogP contribution < -0.4 is 10.6 Å². The number of hydrogen-bond donors (Lipinski definition) is 2. The Kier molecular flexibility index (Phi) is 4.45. The highest BCUT2D eigenvalue weighted by Gasteiger charge is 2.11. The minimum absolute atomic E-state index is 0.118. The summed E-state index contributed by atoms with van der Waals surface area (Å²) in [5, 5.41) is 5.87. The Bertz CT molecular complexity index is 572. The summed E-state index contributed by atoms with van der Waals surface area (Å²) >= 11 is 0. The van der Waals surface area contributed by atoms with Crippen molar-refractivity contribution in [3.8, 4) is 0 Å². The van der Waals surface area contributed by atoms with Gasteiger partial charge in [0, 0.05) is 6.54 Å². The third kappa shape index (κ3) is 3.40. The molecular formula is C14H16F2N4. The van der Waals surface area contributed by atoms with Crippen LogP contribution in [0.3, 0.4) is 0 Å². The van der Waals surface area contributed by atoms with E-state index in [2.05, 4.69) is 20.6 Å². The first-order valence-electron chi connectivity index (χ1n) is 6.38. The number of halogens is 2. The fourth-order valence-electron chi connectivity index (χ4n) is 1.75. The maximum atomic E-state index is 13.7. The number of benzene rings is 1. The van der Waals surface area contributed by atoms with E-state index in [1.165, 1.54) is 12.1 Å². The van der Waals surface area contributed by atoms with Crippen molar-refractivity contribution in [2.75, 3.05) is 17.2 Å². The molecule has 0 amide bonds. The van der Waals surface area contributed by atoms with Gasteiger partial charge in [0.15, 0.2) is 11.6 Å². The number of anilines is 2. The monoisotopic (exact) mass is 278 g/mol. The molecule has 2 rings (SSSR count). The zero-order chi connectivity index (χ0) is 14.5. The normalized spacial score (nSPS) is 12.0. The molecule has 0 aliphatic heterocycles. The van der Waals surface area contributed by atoms with Crippen molar-refractivity contribution >= 4 is 11.8 Å². The number of aromatic nitrogens is 2. The van der Waals surface area contributed by atoms with E-state index in [1.54, 1.807) is 12.1 Å². The molecule has 20 heavy (non-hydrogen) atoms. The van der Waals surface area contributed by atoms with E-state index in [1.807, 2.05) is 13.8 Å². The van der Waals surface area contributed by atoms with E-state index in [-0.39, 0.29) is 17.7 Å². The lowest BCUT2D eigenvalue weighted by atomic mass is 10.1. The SMILES string of the molecule is CCNc1ncc(F)c(NC(C)c2ccc(F)cc2)n1. The molecule has 0 bridgehead atoms. The second-order valence-corrected chi connectivity index (χ2v) is 4.34. The van der Waals surface area contributed by atoms with Crippen molar-refractivity contribution < 1.29 is 8.78 Å².